The van der Waals surface area contributed by atoms with Crippen LogP contribution in [-0.4, -0.2) is 15.5 Å². The van der Waals surface area contributed by atoms with Crippen LogP contribution in [0, 0.1) is 12.8 Å². The fourth-order valence-corrected chi connectivity index (χ4v) is 3.71. The molecule has 28 heavy (non-hydrogen) atoms. The second-order valence-corrected chi connectivity index (χ2v) is 7.23. The fraction of sp³-hybridized carbons (Fsp3) is 0.304. The number of hydrogen-bond acceptors (Lipinski definition) is 3. The van der Waals surface area contributed by atoms with Crippen molar-refractivity contribution in [3.05, 3.63) is 78.4 Å². The zero-order valence-corrected chi connectivity index (χ0v) is 16.1. The highest BCUT2D eigenvalue weighted by atomic mass is 16.7. The Bertz CT molecular complexity index is 913. The Morgan fingerprint density at radius 3 is 2.46 bits per heavy atom. The Hall–Kier alpha value is -2.92. The third kappa shape index (κ3) is 3.99. The minimum absolute atomic E-state index is 0.0619. The smallest absolute Gasteiger partial charge is 0.253 e. The molecule has 1 aliphatic rings. The van der Waals surface area contributed by atoms with Gasteiger partial charge in [-0.05, 0) is 49.6 Å². The van der Waals surface area contributed by atoms with Crippen molar-refractivity contribution < 1.29 is 9.63 Å². The SMILES string of the molecule is Cc1nccn1-c1ccc(CON(C(=O)C2CCCC2)c2ccccc2)cc1. The first kappa shape index (κ1) is 18.4. The predicted molar refractivity (Wildman–Crippen MR) is 109 cm³/mol. The van der Waals surface area contributed by atoms with Crippen LogP contribution < -0.4 is 5.06 Å². The molecule has 144 valence electrons. The summed E-state index contributed by atoms with van der Waals surface area (Å²) in [5, 5.41) is 1.49. The maximum absolute atomic E-state index is 13.0. The van der Waals surface area contributed by atoms with E-state index >= 15 is 0 Å². The van der Waals surface area contributed by atoms with Crippen molar-refractivity contribution in [2.75, 3.05) is 5.06 Å². The van der Waals surface area contributed by atoms with Gasteiger partial charge in [-0.2, -0.15) is 5.06 Å². The van der Waals surface area contributed by atoms with Crippen LogP contribution in [0.3, 0.4) is 0 Å². The lowest BCUT2D eigenvalue weighted by molar-refractivity contribution is -0.130. The Morgan fingerprint density at radius 2 is 1.82 bits per heavy atom. The van der Waals surface area contributed by atoms with E-state index in [-0.39, 0.29) is 11.8 Å². The van der Waals surface area contributed by atoms with Crippen molar-refractivity contribution in [3.8, 4) is 5.69 Å². The summed E-state index contributed by atoms with van der Waals surface area (Å²) in [7, 11) is 0. The van der Waals surface area contributed by atoms with Crippen LogP contribution in [0.15, 0.2) is 67.0 Å². The van der Waals surface area contributed by atoms with Crippen molar-refractivity contribution in [1.29, 1.82) is 0 Å². The summed E-state index contributed by atoms with van der Waals surface area (Å²) in [6.07, 6.45) is 7.87. The maximum atomic E-state index is 13.0. The van der Waals surface area contributed by atoms with E-state index in [0.29, 0.717) is 6.61 Å². The van der Waals surface area contributed by atoms with Crippen molar-refractivity contribution in [2.24, 2.45) is 5.92 Å². The lowest BCUT2D eigenvalue weighted by atomic mass is 10.1. The van der Waals surface area contributed by atoms with Crippen molar-refractivity contribution in [3.63, 3.8) is 0 Å². The molecule has 0 saturated heterocycles. The van der Waals surface area contributed by atoms with Crippen LogP contribution in [0.5, 0.6) is 0 Å². The number of carbonyl (C=O) groups excluding carboxylic acids is 1. The van der Waals surface area contributed by atoms with Crippen LogP contribution in [0.4, 0.5) is 5.69 Å². The zero-order chi connectivity index (χ0) is 19.3. The molecule has 1 amide bonds. The number of para-hydroxylation sites is 1. The van der Waals surface area contributed by atoms with Gasteiger partial charge in [0, 0.05) is 24.0 Å². The first-order valence-electron chi connectivity index (χ1n) is 9.83. The second-order valence-electron chi connectivity index (χ2n) is 7.23. The van der Waals surface area contributed by atoms with Gasteiger partial charge in [0.25, 0.3) is 5.91 Å². The van der Waals surface area contributed by atoms with Gasteiger partial charge in [0.15, 0.2) is 0 Å². The van der Waals surface area contributed by atoms with Gasteiger partial charge >= 0.3 is 0 Å². The molecule has 1 aliphatic carbocycles. The molecule has 1 saturated carbocycles. The second kappa shape index (κ2) is 8.40. The summed E-state index contributed by atoms with van der Waals surface area (Å²) in [6.45, 7) is 2.32. The maximum Gasteiger partial charge on any atom is 0.253 e. The third-order valence-corrected chi connectivity index (χ3v) is 5.30. The predicted octanol–water partition coefficient (Wildman–Crippen LogP) is 4.84. The van der Waals surface area contributed by atoms with Crippen LogP contribution >= 0.6 is 0 Å². The molecule has 1 aromatic heterocycles. The molecule has 0 aliphatic heterocycles. The summed E-state index contributed by atoms with van der Waals surface area (Å²) >= 11 is 0. The number of imidazole rings is 1. The molecule has 0 unspecified atom stereocenters. The molecule has 1 heterocycles. The zero-order valence-electron chi connectivity index (χ0n) is 16.1. The highest BCUT2D eigenvalue weighted by Gasteiger charge is 2.29. The topological polar surface area (TPSA) is 47.4 Å². The molecule has 0 radical (unpaired) electrons. The van der Waals surface area contributed by atoms with Gasteiger partial charge in [-0.15, -0.1) is 0 Å². The molecule has 5 nitrogen and oxygen atoms in total. The summed E-state index contributed by atoms with van der Waals surface area (Å²) in [5.74, 6) is 1.07. The standard InChI is InChI=1S/C23H25N3O2/c1-18-24-15-16-25(18)21-13-11-19(12-14-21)17-28-26(22-9-3-2-4-10-22)23(27)20-7-5-6-8-20/h2-4,9-16,20H,5-8,17H2,1H3. The number of hydrogen-bond donors (Lipinski definition) is 0. The molecule has 0 bridgehead atoms. The Balaban J connectivity index is 1.48. The van der Waals surface area contributed by atoms with Crippen LogP contribution in [0.1, 0.15) is 37.1 Å². The van der Waals surface area contributed by atoms with E-state index in [1.54, 1.807) is 6.20 Å². The number of benzene rings is 2. The average Bonchev–Trinajstić information content (AvgIpc) is 3.41. The first-order valence-corrected chi connectivity index (χ1v) is 9.83. The van der Waals surface area contributed by atoms with Gasteiger partial charge in [0.2, 0.25) is 0 Å². The number of aromatic nitrogens is 2. The summed E-state index contributed by atoms with van der Waals surface area (Å²) in [5.41, 5.74) is 2.85. The average molecular weight is 375 g/mol. The summed E-state index contributed by atoms with van der Waals surface area (Å²) in [4.78, 5) is 23.3. The highest BCUT2D eigenvalue weighted by Crippen LogP contribution is 2.29. The highest BCUT2D eigenvalue weighted by molar-refractivity contribution is 5.93. The molecule has 3 aromatic rings. The fourth-order valence-electron chi connectivity index (χ4n) is 3.71. The molecule has 0 N–H and O–H groups in total. The number of anilines is 1. The Labute approximate surface area is 165 Å². The molecule has 1 fully saturated rings. The van der Waals surface area contributed by atoms with Gasteiger partial charge in [0.05, 0.1) is 5.69 Å². The van der Waals surface area contributed by atoms with Gasteiger partial charge in [-0.1, -0.05) is 43.2 Å². The summed E-state index contributed by atoms with van der Waals surface area (Å²) < 4.78 is 2.03. The monoisotopic (exact) mass is 375 g/mol. The lowest BCUT2D eigenvalue weighted by Gasteiger charge is -2.25. The summed E-state index contributed by atoms with van der Waals surface area (Å²) in [6, 6.07) is 17.8. The van der Waals surface area contributed by atoms with Crippen LogP contribution in [0.2, 0.25) is 0 Å². The minimum atomic E-state index is 0.0619. The van der Waals surface area contributed by atoms with Crippen LogP contribution in [-0.2, 0) is 16.2 Å². The Morgan fingerprint density at radius 1 is 1.11 bits per heavy atom. The normalized spacial score (nSPS) is 14.3. The molecular formula is C23H25N3O2. The van der Waals surface area contributed by atoms with E-state index in [1.807, 2.05) is 72.3 Å². The quantitative estimate of drug-likeness (QED) is 0.580. The van der Waals surface area contributed by atoms with Gasteiger partial charge < -0.3 is 4.57 Å². The third-order valence-electron chi connectivity index (χ3n) is 5.30. The molecule has 0 atom stereocenters. The first-order chi connectivity index (χ1) is 13.7. The number of aryl methyl sites for hydroxylation is 1. The Kier molecular flexibility index (Phi) is 5.53. The molecule has 5 heteroatoms. The minimum Gasteiger partial charge on any atom is -0.304 e. The van der Waals surface area contributed by atoms with E-state index in [2.05, 4.69) is 4.98 Å². The number of rotatable bonds is 6. The van der Waals surface area contributed by atoms with Crippen molar-refractivity contribution >= 4 is 11.6 Å². The molecule has 0 spiro atoms. The number of hydroxylamine groups is 1. The molecule has 4 rings (SSSR count). The van der Waals surface area contributed by atoms with Crippen molar-refractivity contribution in [2.45, 2.75) is 39.2 Å². The van der Waals surface area contributed by atoms with E-state index in [9.17, 15) is 4.79 Å². The van der Waals surface area contributed by atoms with Gasteiger partial charge in [-0.3, -0.25) is 9.63 Å². The molecule has 2 aromatic carbocycles. The van der Waals surface area contributed by atoms with E-state index in [0.717, 1.165) is 48.4 Å². The van der Waals surface area contributed by atoms with E-state index in [4.69, 9.17) is 4.84 Å². The largest absolute Gasteiger partial charge is 0.304 e. The van der Waals surface area contributed by atoms with Crippen LogP contribution in [0.25, 0.3) is 5.69 Å². The molecular weight excluding hydrogens is 350 g/mol. The van der Waals surface area contributed by atoms with Crippen molar-refractivity contribution in [1.82, 2.24) is 9.55 Å². The lowest BCUT2D eigenvalue weighted by Crippen LogP contribution is -2.35. The number of carbonyl (C=O) groups is 1. The van der Waals surface area contributed by atoms with Gasteiger partial charge in [-0.25, -0.2) is 4.98 Å². The van der Waals surface area contributed by atoms with Gasteiger partial charge in [0.1, 0.15) is 12.4 Å². The van der Waals surface area contributed by atoms with E-state index < -0.39 is 0 Å². The van der Waals surface area contributed by atoms with E-state index in [1.165, 1.54) is 5.06 Å². The number of amides is 1. The number of nitrogens with zero attached hydrogens (tertiary/aromatic N) is 3.